The van der Waals surface area contributed by atoms with Crippen molar-refractivity contribution in [2.24, 2.45) is 5.16 Å². The van der Waals surface area contributed by atoms with E-state index in [2.05, 4.69) is 10.5 Å². The SMILES string of the molecule is Cc1ccc(C2=NOC(CN(Cc3ccc(F)cc3F)C(=O)Nc3cccc(C)c3)C2)cc1. The molecule has 0 spiro atoms. The van der Waals surface area contributed by atoms with Crippen LogP contribution in [0.3, 0.4) is 0 Å². The van der Waals surface area contributed by atoms with Crippen LogP contribution in [-0.4, -0.2) is 29.3 Å². The number of rotatable bonds is 6. The normalized spacial score (nSPS) is 15.0. The maximum absolute atomic E-state index is 14.3. The molecule has 4 rings (SSSR count). The van der Waals surface area contributed by atoms with Gasteiger partial charge in [-0.1, -0.05) is 53.2 Å². The van der Waals surface area contributed by atoms with Gasteiger partial charge >= 0.3 is 6.03 Å². The van der Waals surface area contributed by atoms with Crippen LogP contribution >= 0.6 is 0 Å². The number of benzene rings is 3. The fourth-order valence-corrected chi connectivity index (χ4v) is 3.69. The first-order chi connectivity index (χ1) is 15.9. The van der Waals surface area contributed by atoms with Crippen molar-refractivity contribution in [3.05, 3.63) is 101 Å². The second kappa shape index (κ2) is 9.81. The standard InChI is InChI=1S/C26H25F2N3O2/c1-17-6-8-19(9-7-17)25-14-23(33-30-25)16-31(15-20-10-11-21(27)13-24(20)28)26(32)29-22-5-3-4-18(2)12-22/h3-13,23H,14-16H2,1-2H3,(H,29,32). The molecule has 0 radical (unpaired) electrons. The van der Waals surface area contributed by atoms with Gasteiger partial charge in [-0.25, -0.2) is 13.6 Å². The molecule has 3 aromatic rings. The van der Waals surface area contributed by atoms with Gasteiger partial charge in [0, 0.05) is 23.7 Å². The van der Waals surface area contributed by atoms with Crippen molar-refractivity contribution >= 4 is 17.4 Å². The molecular weight excluding hydrogens is 424 g/mol. The van der Waals surface area contributed by atoms with Crippen LogP contribution in [0.5, 0.6) is 0 Å². The molecule has 0 fully saturated rings. The topological polar surface area (TPSA) is 53.9 Å². The molecule has 0 saturated heterocycles. The summed E-state index contributed by atoms with van der Waals surface area (Å²) in [7, 11) is 0. The number of nitrogens with one attached hydrogen (secondary N) is 1. The molecule has 0 aliphatic carbocycles. The van der Waals surface area contributed by atoms with Crippen LogP contribution < -0.4 is 5.32 Å². The molecule has 5 nitrogen and oxygen atoms in total. The Balaban J connectivity index is 1.49. The lowest BCUT2D eigenvalue weighted by molar-refractivity contribution is 0.0606. The summed E-state index contributed by atoms with van der Waals surface area (Å²) in [5, 5.41) is 7.05. The molecule has 170 valence electrons. The van der Waals surface area contributed by atoms with Gasteiger partial charge in [0.1, 0.15) is 11.6 Å². The van der Waals surface area contributed by atoms with E-state index in [9.17, 15) is 13.6 Å². The molecule has 1 unspecified atom stereocenters. The zero-order valence-electron chi connectivity index (χ0n) is 18.5. The first kappa shape index (κ1) is 22.5. The van der Waals surface area contributed by atoms with Gasteiger partial charge < -0.3 is 15.1 Å². The van der Waals surface area contributed by atoms with Crippen molar-refractivity contribution in [1.29, 1.82) is 0 Å². The Morgan fingerprint density at radius 2 is 1.85 bits per heavy atom. The molecule has 1 heterocycles. The number of halogens is 2. The van der Waals surface area contributed by atoms with Crippen molar-refractivity contribution in [3.8, 4) is 0 Å². The van der Waals surface area contributed by atoms with Crippen LogP contribution in [0.1, 0.15) is 28.7 Å². The third-order valence-electron chi connectivity index (χ3n) is 5.47. The second-order valence-corrected chi connectivity index (χ2v) is 8.25. The van der Waals surface area contributed by atoms with E-state index in [1.54, 1.807) is 6.07 Å². The summed E-state index contributed by atoms with van der Waals surface area (Å²) in [6, 6.07) is 18.3. The fourth-order valence-electron chi connectivity index (χ4n) is 3.69. The highest BCUT2D eigenvalue weighted by Gasteiger charge is 2.27. The van der Waals surface area contributed by atoms with Crippen LogP contribution in [0.25, 0.3) is 0 Å². The maximum atomic E-state index is 14.3. The Hall–Kier alpha value is -3.74. The molecule has 3 aromatic carbocycles. The minimum atomic E-state index is -0.702. The summed E-state index contributed by atoms with van der Waals surface area (Å²) >= 11 is 0. The van der Waals surface area contributed by atoms with E-state index in [1.165, 1.54) is 17.0 Å². The van der Waals surface area contributed by atoms with Gasteiger partial charge in [-0.2, -0.15) is 0 Å². The molecule has 1 atom stereocenters. The van der Waals surface area contributed by atoms with Crippen molar-refractivity contribution in [2.45, 2.75) is 32.9 Å². The van der Waals surface area contributed by atoms with Crippen LogP contribution in [0.4, 0.5) is 19.3 Å². The largest absolute Gasteiger partial charge is 0.390 e. The predicted molar refractivity (Wildman–Crippen MR) is 124 cm³/mol. The van der Waals surface area contributed by atoms with Crippen molar-refractivity contribution < 1.29 is 18.4 Å². The Morgan fingerprint density at radius 3 is 2.58 bits per heavy atom. The van der Waals surface area contributed by atoms with E-state index < -0.39 is 17.7 Å². The highest BCUT2D eigenvalue weighted by atomic mass is 19.1. The van der Waals surface area contributed by atoms with E-state index in [1.807, 2.05) is 56.3 Å². The quantitative estimate of drug-likeness (QED) is 0.516. The number of hydrogen-bond acceptors (Lipinski definition) is 3. The number of amides is 2. The molecular formula is C26H25F2N3O2. The first-order valence-electron chi connectivity index (χ1n) is 10.7. The van der Waals surface area contributed by atoms with Crippen molar-refractivity contribution in [1.82, 2.24) is 4.90 Å². The Labute approximate surface area is 191 Å². The second-order valence-electron chi connectivity index (χ2n) is 8.25. The Bertz CT molecular complexity index is 1180. The lowest BCUT2D eigenvalue weighted by Crippen LogP contribution is -2.40. The summed E-state index contributed by atoms with van der Waals surface area (Å²) in [5.74, 6) is -1.37. The highest BCUT2D eigenvalue weighted by Crippen LogP contribution is 2.21. The monoisotopic (exact) mass is 449 g/mol. The molecule has 0 aromatic heterocycles. The third kappa shape index (κ3) is 5.74. The van der Waals surface area contributed by atoms with Gasteiger partial charge in [-0.3, -0.25) is 0 Å². The van der Waals surface area contributed by atoms with E-state index in [4.69, 9.17) is 4.84 Å². The summed E-state index contributed by atoms with van der Waals surface area (Å²) in [4.78, 5) is 20.2. The zero-order valence-corrected chi connectivity index (χ0v) is 18.5. The van der Waals surface area contributed by atoms with Crippen molar-refractivity contribution in [3.63, 3.8) is 0 Å². The molecule has 0 saturated carbocycles. The van der Waals surface area contributed by atoms with Gasteiger partial charge in [-0.05, 0) is 43.2 Å². The molecule has 7 heteroatoms. The minimum Gasteiger partial charge on any atom is -0.390 e. The van der Waals surface area contributed by atoms with Gasteiger partial charge in [0.25, 0.3) is 0 Å². The predicted octanol–water partition coefficient (Wildman–Crippen LogP) is 5.81. The molecule has 1 N–H and O–H groups in total. The number of anilines is 1. The summed E-state index contributed by atoms with van der Waals surface area (Å²) < 4.78 is 27.7. The smallest absolute Gasteiger partial charge is 0.322 e. The van der Waals surface area contributed by atoms with Crippen LogP contribution in [0.15, 0.2) is 71.9 Å². The zero-order chi connectivity index (χ0) is 23.4. The summed E-state index contributed by atoms with van der Waals surface area (Å²) in [6.07, 6.45) is 0.136. The molecule has 2 amide bonds. The summed E-state index contributed by atoms with van der Waals surface area (Å²) in [6.45, 7) is 4.09. The van der Waals surface area contributed by atoms with Crippen LogP contribution in [-0.2, 0) is 11.4 Å². The van der Waals surface area contributed by atoms with E-state index in [0.717, 1.165) is 28.5 Å². The minimum absolute atomic E-state index is 0.0382. The molecule has 33 heavy (non-hydrogen) atoms. The van der Waals surface area contributed by atoms with Crippen molar-refractivity contribution in [2.75, 3.05) is 11.9 Å². The summed E-state index contributed by atoms with van der Waals surface area (Å²) in [5.41, 5.74) is 4.76. The van der Waals surface area contributed by atoms with Gasteiger partial charge in [0.2, 0.25) is 0 Å². The van der Waals surface area contributed by atoms with E-state index >= 15 is 0 Å². The van der Waals surface area contributed by atoms with E-state index in [0.29, 0.717) is 12.1 Å². The lowest BCUT2D eigenvalue weighted by atomic mass is 10.0. The highest BCUT2D eigenvalue weighted by molar-refractivity contribution is 6.01. The first-order valence-corrected chi connectivity index (χ1v) is 10.7. The average Bonchev–Trinajstić information content (AvgIpc) is 3.24. The van der Waals surface area contributed by atoms with Gasteiger partial charge in [-0.15, -0.1) is 0 Å². The number of carbonyl (C=O) groups is 1. The van der Waals surface area contributed by atoms with Crippen LogP contribution in [0.2, 0.25) is 0 Å². The number of oxime groups is 1. The van der Waals surface area contributed by atoms with Gasteiger partial charge in [0.05, 0.1) is 18.8 Å². The Morgan fingerprint density at radius 1 is 1.06 bits per heavy atom. The molecule has 1 aliphatic rings. The van der Waals surface area contributed by atoms with E-state index in [-0.39, 0.29) is 24.8 Å². The number of hydrogen-bond donors (Lipinski definition) is 1. The molecule has 1 aliphatic heterocycles. The number of nitrogens with zero attached hydrogens (tertiary/aromatic N) is 2. The fraction of sp³-hybridized carbons (Fsp3) is 0.231. The van der Waals surface area contributed by atoms with Crippen LogP contribution in [0, 0.1) is 25.5 Å². The maximum Gasteiger partial charge on any atom is 0.322 e. The number of urea groups is 1. The molecule has 0 bridgehead atoms. The third-order valence-corrected chi connectivity index (χ3v) is 5.47. The lowest BCUT2D eigenvalue weighted by Gasteiger charge is -2.25. The van der Waals surface area contributed by atoms with Gasteiger partial charge in [0.15, 0.2) is 6.10 Å². The number of aryl methyl sites for hydroxylation is 2. The Kier molecular flexibility index (Phi) is 6.68. The average molecular weight is 450 g/mol. The number of carbonyl (C=O) groups excluding carboxylic acids is 1.